The summed E-state index contributed by atoms with van der Waals surface area (Å²) in [6, 6.07) is 18.7. The number of rotatable bonds is 7. The standard InChI is InChI=1S/C21H27NO/c1-16(2)15-20(19-7-5-4-6-8-19)22-21(23)14-13-18-11-9-17(3)10-12-18/h4-12,16,20H,13-15H2,1-3H3,(H,22,23)/t20-/m0/s1. The fourth-order valence-corrected chi connectivity index (χ4v) is 2.71. The number of nitrogens with one attached hydrogen (secondary N) is 1. The smallest absolute Gasteiger partial charge is 0.220 e. The molecule has 2 heteroatoms. The predicted molar refractivity (Wildman–Crippen MR) is 96.3 cm³/mol. The van der Waals surface area contributed by atoms with Crippen molar-refractivity contribution >= 4 is 5.91 Å². The van der Waals surface area contributed by atoms with Crippen molar-refractivity contribution in [3.63, 3.8) is 0 Å². The van der Waals surface area contributed by atoms with Gasteiger partial charge in [0.05, 0.1) is 6.04 Å². The van der Waals surface area contributed by atoms with Gasteiger partial charge in [-0.3, -0.25) is 4.79 Å². The highest BCUT2D eigenvalue weighted by molar-refractivity contribution is 5.76. The summed E-state index contributed by atoms with van der Waals surface area (Å²) in [7, 11) is 0. The normalized spacial score (nSPS) is 12.2. The minimum absolute atomic E-state index is 0.0988. The fourth-order valence-electron chi connectivity index (χ4n) is 2.71. The van der Waals surface area contributed by atoms with Gasteiger partial charge in [-0.1, -0.05) is 74.0 Å². The molecule has 1 atom stereocenters. The van der Waals surface area contributed by atoms with Crippen molar-refractivity contribution < 1.29 is 4.79 Å². The Morgan fingerprint density at radius 3 is 2.26 bits per heavy atom. The highest BCUT2D eigenvalue weighted by atomic mass is 16.1. The molecule has 122 valence electrons. The maximum atomic E-state index is 12.3. The number of aryl methyl sites for hydroxylation is 2. The summed E-state index contributed by atoms with van der Waals surface area (Å²) in [5.74, 6) is 0.665. The van der Waals surface area contributed by atoms with Gasteiger partial charge in [-0.05, 0) is 36.8 Å². The lowest BCUT2D eigenvalue weighted by molar-refractivity contribution is -0.121. The summed E-state index contributed by atoms with van der Waals surface area (Å²) in [6.45, 7) is 6.45. The second kappa shape index (κ2) is 8.52. The van der Waals surface area contributed by atoms with Gasteiger partial charge < -0.3 is 5.32 Å². The van der Waals surface area contributed by atoms with Gasteiger partial charge in [0.25, 0.3) is 0 Å². The number of amides is 1. The van der Waals surface area contributed by atoms with Gasteiger partial charge in [0, 0.05) is 6.42 Å². The van der Waals surface area contributed by atoms with Crippen LogP contribution in [0.1, 0.15) is 49.4 Å². The van der Waals surface area contributed by atoms with E-state index in [0.29, 0.717) is 12.3 Å². The van der Waals surface area contributed by atoms with Crippen LogP contribution in [0.15, 0.2) is 54.6 Å². The molecule has 1 amide bonds. The van der Waals surface area contributed by atoms with Gasteiger partial charge in [0.15, 0.2) is 0 Å². The average molecular weight is 309 g/mol. The number of benzene rings is 2. The highest BCUT2D eigenvalue weighted by Gasteiger charge is 2.15. The summed E-state index contributed by atoms with van der Waals surface area (Å²) < 4.78 is 0. The highest BCUT2D eigenvalue weighted by Crippen LogP contribution is 2.21. The van der Waals surface area contributed by atoms with Crippen molar-refractivity contribution in [2.45, 2.75) is 46.1 Å². The zero-order valence-electron chi connectivity index (χ0n) is 14.4. The maximum absolute atomic E-state index is 12.3. The van der Waals surface area contributed by atoms with E-state index < -0.39 is 0 Å². The molecule has 0 fully saturated rings. The molecule has 0 saturated heterocycles. The second-order valence-electron chi connectivity index (χ2n) is 6.65. The molecule has 0 bridgehead atoms. The predicted octanol–water partition coefficient (Wildman–Crippen LogP) is 4.83. The van der Waals surface area contributed by atoms with Crippen LogP contribution in [0.25, 0.3) is 0 Å². The quantitative estimate of drug-likeness (QED) is 0.779. The summed E-state index contributed by atoms with van der Waals surface area (Å²) in [6.07, 6.45) is 2.28. The molecule has 0 spiro atoms. The van der Waals surface area contributed by atoms with E-state index in [9.17, 15) is 4.79 Å². The van der Waals surface area contributed by atoms with E-state index in [1.54, 1.807) is 0 Å². The topological polar surface area (TPSA) is 29.1 Å². The van der Waals surface area contributed by atoms with Gasteiger partial charge in [0.2, 0.25) is 5.91 Å². The van der Waals surface area contributed by atoms with Crippen LogP contribution < -0.4 is 5.32 Å². The van der Waals surface area contributed by atoms with Gasteiger partial charge in [-0.2, -0.15) is 0 Å². The summed E-state index contributed by atoms with van der Waals surface area (Å²) in [4.78, 5) is 12.3. The molecule has 0 aliphatic heterocycles. The molecule has 2 nitrogen and oxygen atoms in total. The molecule has 2 aromatic carbocycles. The van der Waals surface area contributed by atoms with E-state index in [4.69, 9.17) is 0 Å². The van der Waals surface area contributed by atoms with Crippen LogP contribution in [0.2, 0.25) is 0 Å². The van der Waals surface area contributed by atoms with Crippen LogP contribution in [0.5, 0.6) is 0 Å². The molecular formula is C21H27NO. The van der Waals surface area contributed by atoms with Crippen LogP contribution >= 0.6 is 0 Å². The molecule has 2 aromatic rings. The minimum Gasteiger partial charge on any atom is -0.349 e. The lowest BCUT2D eigenvalue weighted by atomic mass is 9.96. The number of hydrogen-bond acceptors (Lipinski definition) is 1. The van der Waals surface area contributed by atoms with Crippen molar-refractivity contribution in [1.82, 2.24) is 5.32 Å². The Morgan fingerprint density at radius 1 is 1.00 bits per heavy atom. The van der Waals surface area contributed by atoms with Crippen molar-refractivity contribution in [2.24, 2.45) is 5.92 Å². The van der Waals surface area contributed by atoms with E-state index in [0.717, 1.165) is 12.8 Å². The molecule has 23 heavy (non-hydrogen) atoms. The molecule has 0 radical (unpaired) electrons. The molecular weight excluding hydrogens is 282 g/mol. The number of carbonyl (C=O) groups excluding carboxylic acids is 1. The Hall–Kier alpha value is -2.09. The number of carbonyl (C=O) groups is 1. The molecule has 0 aliphatic rings. The monoisotopic (exact) mass is 309 g/mol. The van der Waals surface area contributed by atoms with E-state index >= 15 is 0 Å². The zero-order chi connectivity index (χ0) is 16.7. The molecule has 0 heterocycles. The average Bonchev–Trinajstić information content (AvgIpc) is 2.54. The maximum Gasteiger partial charge on any atom is 0.220 e. The van der Waals surface area contributed by atoms with E-state index in [1.165, 1.54) is 16.7 Å². The summed E-state index contributed by atoms with van der Waals surface area (Å²) in [5, 5.41) is 3.21. The first kappa shape index (κ1) is 17.3. The van der Waals surface area contributed by atoms with Crippen LogP contribution in [-0.4, -0.2) is 5.91 Å². The van der Waals surface area contributed by atoms with Gasteiger partial charge in [0.1, 0.15) is 0 Å². The first-order valence-corrected chi connectivity index (χ1v) is 8.44. The molecule has 0 aromatic heterocycles. The Morgan fingerprint density at radius 2 is 1.65 bits per heavy atom. The van der Waals surface area contributed by atoms with Crippen molar-refractivity contribution in [3.8, 4) is 0 Å². The third-order valence-corrected chi connectivity index (χ3v) is 4.01. The first-order valence-electron chi connectivity index (χ1n) is 8.44. The van der Waals surface area contributed by atoms with Crippen molar-refractivity contribution in [3.05, 3.63) is 71.3 Å². The SMILES string of the molecule is Cc1ccc(CCC(=O)N[C@@H](CC(C)C)c2ccccc2)cc1. The van der Waals surface area contributed by atoms with Crippen molar-refractivity contribution in [1.29, 1.82) is 0 Å². The molecule has 0 saturated carbocycles. The fraction of sp³-hybridized carbons (Fsp3) is 0.381. The van der Waals surface area contributed by atoms with E-state index in [2.05, 4.69) is 62.5 Å². The lowest BCUT2D eigenvalue weighted by Crippen LogP contribution is -2.29. The lowest BCUT2D eigenvalue weighted by Gasteiger charge is -2.21. The Kier molecular flexibility index (Phi) is 6.40. The van der Waals surface area contributed by atoms with Gasteiger partial charge in [-0.15, -0.1) is 0 Å². The molecule has 1 N–H and O–H groups in total. The summed E-state index contributed by atoms with van der Waals surface area (Å²) >= 11 is 0. The minimum atomic E-state index is 0.0988. The van der Waals surface area contributed by atoms with E-state index in [-0.39, 0.29) is 11.9 Å². The third kappa shape index (κ3) is 5.90. The Balaban J connectivity index is 1.93. The van der Waals surface area contributed by atoms with Crippen LogP contribution in [0, 0.1) is 12.8 Å². The molecule has 2 rings (SSSR count). The Labute approximate surface area is 139 Å². The van der Waals surface area contributed by atoms with Crippen LogP contribution in [0.4, 0.5) is 0 Å². The summed E-state index contributed by atoms with van der Waals surface area (Å²) in [5.41, 5.74) is 3.65. The Bertz CT molecular complexity index is 601. The number of hydrogen-bond donors (Lipinski definition) is 1. The van der Waals surface area contributed by atoms with Crippen LogP contribution in [0.3, 0.4) is 0 Å². The second-order valence-corrected chi connectivity index (χ2v) is 6.65. The first-order chi connectivity index (χ1) is 11.0. The van der Waals surface area contributed by atoms with Crippen molar-refractivity contribution in [2.75, 3.05) is 0 Å². The molecule has 0 aliphatic carbocycles. The third-order valence-electron chi connectivity index (χ3n) is 4.01. The zero-order valence-corrected chi connectivity index (χ0v) is 14.4. The van der Waals surface area contributed by atoms with E-state index in [1.807, 2.05) is 18.2 Å². The molecule has 0 unspecified atom stereocenters. The van der Waals surface area contributed by atoms with Gasteiger partial charge in [-0.25, -0.2) is 0 Å². The van der Waals surface area contributed by atoms with Crippen LogP contribution in [-0.2, 0) is 11.2 Å². The van der Waals surface area contributed by atoms with Gasteiger partial charge >= 0.3 is 0 Å². The largest absolute Gasteiger partial charge is 0.349 e.